The summed E-state index contributed by atoms with van der Waals surface area (Å²) >= 11 is 11.8. The van der Waals surface area contributed by atoms with Gasteiger partial charge in [-0.25, -0.2) is 0 Å². The van der Waals surface area contributed by atoms with E-state index in [9.17, 15) is 4.79 Å². The van der Waals surface area contributed by atoms with Gasteiger partial charge < -0.3 is 4.90 Å². The van der Waals surface area contributed by atoms with E-state index in [-0.39, 0.29) is 11.7 Å². The molecule has 0 unspecified atom stereocenters. The molecule has 1 aromatic rings. The fourth-order valence-electron chi connectivity index (χ4n) is 2.40. The molecule has 0 bridgehead atoms. The third kappa shape index (κ3) is 3.05. The Hall–Kier alpha value is -0.570. The number of Topliss-reactive ketones (excluding diaryl/α,β-unsaturated/α-hetero) is 1. The van der Waals surface area contributed by atoms with Gasteiger partial charge in [0.15, 0.2) is 5.78 Å². The standard InChI is InChI=1S/C14H17Cl2NO/c1-2-17-7-5-10(6-8-17)14(18)11-3-4-12(15)13(16)9-11/h3-4,9-10H,2,5-8H2,1H3. The van der Waals surface area contributed by atoms with Crippen molar-refractivity contribution in [3.8, 4) is 0 Å². The molecule has 1 aliphatic heterocycles. The molecule has 98 valence electrons. The highest BCUT2D eigenvalue weighted by atomic mass is 35.5. The molecule has 0 atom stereocenters. The van der Waals surface area contributed by atoms with Crippen LogP contribution in [0.5, 0.6) is 0 Å². The number of benzene rings is 1. The van der Waals surface area contributed by atoms with Crippen LogP contribution in [0.2, 0.25) is 10.0 Å². The van der Waals surface area contributed by atoms with E-state index in [4.69, 9.17) is 23.2 Å². The first-order chi connectivity index (χ1) is 8.61. The fraction of sp³-hybridized carbons (Fsp3) is 0.500. The van der Waals surface area contributed by atoms with Crippen molar-refractivity contribution in [1.29, 1.82) is 0 Å². The van der Waals surface area contributed by atoms with Crippen molar-refractivity contribution in [3.63, 3.8) is 0 Å². The predicted octanol–water partition coefficient (Wildman–Crippen LogP) is 3.91. The van der Waals surface area contributed by atoms with Crippen molar-refractivity contribution in [2.75, 3.05) is 19.6 Å². The van der Waals surface area contributed by atoms with Crippen molar-refractivity contribution < 1.29 is 4.79 Å². The summed E-state index contributed by atoms with van der Waals surface area (Å²) < 4.78 is 0. The SMILES string of the molecule is CCN1CCC(C(=O)c2ccc(Cl)c(Cl)c2)CC1. The van der Waals surface area contributed by atoms with E-state index in [2.05, 4.69) is 11.8 Å². The number of carbonyl (C=O) groups excluding carboxylic acids is 1. The lowest BCUT2D eigenvalue weighted by Gasteiger charge is -2.30. The monoisotopic (exact) mass is 285 g/mol. The van der Waals surface area contributed by atoms with Crippen molar-refractivity contribution in [1.82, 2.24) is 4.90 Å². The van der Waals surface area contributed by atoms with E-state index in [1.165, 1.54) is 0 Å². The van der Waals surface area contributed by atoms with Crippen LogP contribution in [0.4, 0.5) is 0 Å². The summed E-state index contributed by atoms with van der Waals surface area (Å²) in [7, 11) is 0. The zero-order chi connectivity index (χ0) is 13.1. The first-order valence-electron chi connectivity index (χ1n) is 6.33. The average molecular weight is 286 g/mol. The summed E-state index contributed by atoms with van der Waals surface area (Å²) in [6.45, 7) is 5.23. The van der Waals surface area contributed by atoms with E-state index in [0.29, 0.717) is 15.6 Å². The number of nitrogens with zero attached hydrogens (tertiary/aromatic N) is 1. The largest absolute Gasteiger partial charge is 0.304 e. The second-order valence-corrected chi connectivity index (χ2v) is 5.52. The van der Waals surface area contributed by atoms with Crippen LogP contribution >= 0.6 is 23.2 Å². The lowest BCUT2D eigenvalue weighted by atomic mass is 9.89. The minimum atomic E-state index is 0.130. The highest BCUT2D eigenvalue weighted by molar-refractivity contribution is 6.42. The van der Waals surface area contributed by atoms with Crippen LogP contribution in [-0.4, -0.2) is 30.3 Å². The van der Waals surface area contributed by atoms with Crippen molar-refractivity contribution in [2.45, 2.75) is 19.8 Å². The lowest BCUT2D eigenvalue weighted by molar-refractivity contribution is 0.0844. The van der Waals surface area contributed by atoms with Crippen molar-refractivity contribution >= 4 is 29.0 Å². The van der Waals surface area contributed by atoms with Gasteiger partial charge in [0.2, 0.25) is 0 Å². The number of halogens is 2. The third-order valence-electron chi connectivity index (χ3n) is 3.61. The maximum atomic E-state index is 12.3. The fourth-order valence-corrected chi connectivity index (χ4v) is 2.69. The van der Waals surface area contributed by atoms with Gasteiger partial charge in [0.25, 0.3) is 0 Å². The number of ketones is 1. The molecule has 0 saturated carbocycles. The second kappa shape index (κ2) is 6.05. The highest BCUT2D eigenvalue weighted by Gasteiger charge is 2.25. The highest BCUT2D eigenvalue weighted by Crippen LogP contribution is 2.26. The Morgan fingerprint density at radius 2 is 1.94 bits per heavy atom. The van der Waals surface area contributed by atoms with E-state index in [0.717, 1.165) is 32.5 Å². The van der Waals surface area contributed by atoms with Crippen molar-refractivity contribution in [3.05, 3.63) is 33.8 Å². The smallest absolute Gasteiger partial charge is 0.166 e. The maximum Gasteiger partial charge on any atom is 0.166 e. The Bertz CT molecular complexity index is 439. The van der Waals surface area contributed by atoms with Gasteiger partial charge >= 0.3 is 0 Å². The molecule has 1 saturated heterocycles. The van der Waals surface area contributed by atoms with Gasteiger partial charge in [0, 0.05) is 11.5 Å². The Kier molecular flexibility index (Phi) is 4.66. The van der Waals surface area contributed by atoms with Gasteiger partial charge in [-0.05, 0) is 50.7 Å². The normalized spacial score (nSPS) is 17.9. The Morgan fingerprint density at radius 1 is 1.28 bits per heavy atom. The number of likely N-dealkylation sites (tertiary alicyclic amines) is 1. The zero-order valence-electron chi connectivity index (χ0n) is 10.5. The third-order valence-corrected chi connectivity index (χ3v) is 4.35. The second-order valence-electron chi connectivity index (χ2n) is 4.70. The van der Waals surface area contributed by atoms with Crippen LogP contribution in [0.3, 0.4) is 0 Å². The summed E-state index contributed by atoms with van der Waals surface area (Å²) in [6, 6.07) is 5.14. The number of piperidine rings is 1. The number of carbonyl (C=O) groups is 1. The maximum absolute atomic E-state index is 12.3. The molecule has 0 N–H and O–H groups in total. The van der Waals surface area contributed by atoms with Crippen molar-refractivity contribution in [2.24, 2.45) is 5.92 Å². The molecule has 0 spiro atoms. The van der Waals surface area contributed by atoms with Crippen LogP contribution in [0.1, 0.15) is 30.1 Å². The minimum Gasteiger partial charge on any atom is -0.304 e. The van der Waals surface area contributed by atoms with Gasteiger partial charge in [-0.15, -0.1) is 0 Å². The van der Waals surface area contributed by atoms with Crippen LogP contribution < -0.4 is 0 Å². The number of hydrogen-bond donors (Lipinski definition) is 0. The van der Waals surface area contributed by atoms with Crippen LogP contribution in [0.25, 0.3) is 0 Å². The molecule has 1 heterocycles. The molecule has 4 heteroatoms. The average Bonchev–Trinajstić information content (AvgIpc) is 2.41. The molecule has 1 aliphatic rings. The summed E-state index contributed by atoms with van der Waals surface area (Å²) in [5.41, 5.74) is 0.680. The summed E-state index contributed by atoms with van der Waals surface area (Å²) in [4.78, 5) is 14.7. The number of rotatable bonds is 3. The summed E-state index contributed by atoms with van der Waals surface area (Å²) in [6.07, 6.45) is 1.87. The van der Waals surface area contributed by atoms with Gasteiger partial charge in [-0.1, -0.05) is 30.1 Å². The summed E-state index contributed by atoms with van der Waals surface area (Å²) in [5.74, 6) is 0.328. The summed E-state index contributed by atoms with van der Waals surface area (Å²) in [5, 5.41) is 0.947. The Balaban J connectivity index is 2.05. The Labute approximate surface area is 118 Å². The molecule has 0 aromatic heterocycles. The quantitative estimate of drug-likeness (QED) is 0.785. The van der Waals surface area contributed by atoms with Gasteiger partial charge in [-0.2, -0.15) is 0 Å². The van der Waals surface area contributed by atoms with Crippen LogP contribution in [0, 0.1) is 5.92 Å². The predicted molar refractivity (Wildman–Crippen MR) is 75.6 cm³/mol. The number of hydrogen-bond acceptors (Lipinski definition) is 2. The molecule has 1 fully saturated rings. The first-order valence-corrected chi connectivity index (χ1v) is 7.09. The molecule has 2 nitrogen and oxygen atoms in total. The van der Waals surface area contributed by atoms with E-state index in [1.807, 2.05) is 0 Å². The molecular weight excluding hydrogens is 269 g/mol. The molecule has 0 amide bonds. The van der Waals surface area contributed by atoms with E-state index in [1.54, 1.807) is 18.2 Å². The molecular formula is C14H17Cl2NO. The molecule has 18 heavy (non-hydrogen) atoms. The minimum absolute atomic E-state index is 0.130. The van der Waals surface area contributed by atoms with Crippen LogP contribution in [-0.2, 0) is 0 Å². The molecule has 1 aromatic carbocycles. The Morgan fingerprint density at radius 3 is 2.50 bits per heavy atom. The van der Waals surface area contributed by atoms with E-state index >= 15 is 0 Å². The lowest BCUT2D eigenvalue weighted by Crippen LogP contribution is -2.36. The first kappa shape index (κ1) is 13.9. The van der Waals surface area contributed by atoms with Gasteiger partial charge in [-0.3, -0.25) is 4.79 Å². The molecule has 2 rings (SSSR count). The topological polar surface area (TPSA) is 20.3 Å². The van der Waals surface area contributed by atoms with E-state index < -0.39 is 0 Å². The van der Waals surface area contributed by atoms with Gasteiger partial charge in [0.05, 0.1) is 10.0 Å². The molecule has 0 radical (unpaired) electrons. The van der Waals surface area contributed by atoms with Gasteiger partial charge in [0.1, 0.15) is 0 Å². The van der Waals surface area contributed by atoms with Crippen LogP contribution in [0.15, 0.2) is 18.2 Å². The zero-order valence-corrected chi connectivity index (χ0v) is 12.0. The molecule has 0 aliphatic carbocycles.